The molecular formula is C33H36FNO3. The third-order valence-corrected chi connectivity index (χ3v) is 9.28. The fraction of sp³-hybridized carbons (Fsp3) is 0.424. The largest absolute Gasteiger partial charge is 0.508 e. The van der Waals surface area contributed by atoms with Gasteiger partial charge in [0, 0.05) is 36.6 Å². The Labute approximate surface area is 224 Å². The Morgan fingerprint density at radius 2 is 1.82 bits per heavy atom. The Morgan fingerprint density at radius 3 is 2.53 bits per heavy atom. The number of ether oxygens (including phenoxy) is 1. The van der Waals surface area contributed by atoms with E-state index in [2.05, 4.69) is 29.2 Å². The second-order valence-electron chi connectivity index (χ2n) is 11.5. The van der Waals surface area contributed by atoms with Crippen LogP contribution in [0.4, 0.5) is 10.1 Å². The maximum atomic E-state index is 16.0. The molecule has 1 aliphatic heterocycles. The Hall–Kier alpha value is -3.34. The van der Waals surface area contributed by atoms with Gasteiger partial charge in [-0.05, 0) is 91.7 Å². The number of hydrogen-bond donors (Lipinski definition) is 1. The van der Waals surface area contributed by atoms with Gasteiger partial charge in [0.05, 0.1) is 12.3 Å². The maximum absolute atomic E-state index is 16.0. The molecule has 5 heteroatoms. The first-order valence-electron chi connectivity index (χ1n) is 14.0. The van der Waals surface area contributed by atoms with Crippen molar-refractivity contribution < 1.29 is 19.0 Å². The van der Waals surface area contributed by atoms with Crippen molar-refractivity contribution in [3.05, 3.63) is 88.7 Å². The topological polar surface area (TPSA) is 49.8 Å². The number of aldehydes is 1. The zero-order chi connectivity index (χ0) is 26.3. The summed E-state index contributed by atoms with van der Waals surface area (Å²) >= 11 is 0. The van der Waals surface area contributed by atoms with E-state index in [1.54, 1.807) is 12.1 Å². The van der Waals surface area contributed by atoms with Crippen LogP contribution in [0, 0.1) is 17.2 Å². The van der Waals surface area contributed by atoms with Gasteiger partial charge < -0.3 is 19.5 Å². The van der Waals surface area contributed by atoms with Gasteiger partial charge in [-0.15, -0.1) is 0 Å². The fourth-order valence-electron chi connectivity index (χ4n) is 7.35. The number of aryl methyl sites for hydroxylation is 1. The summed E-state index contributed by atoms with van der Waals surface area (Å²) in [6, 6.07) is 19.7. The number of phenols is 1. The molecule has 38 heavy (non-hydrogen) atoms. The summed E-state index contributed by atoms with van der Waals surface area (Å²) in [5.41, 5.74) is 5.22. The molecule has 0 aromatic heterocycles. The van der Waals surface area contributed by atoms with Crippen molar-refractivity contribution in [1.29, 1.82) is 0 Å². The number of hydrogen-bond acceptors (Lipinski definition) is 4. The number of aromatic hydroxyl groups is 1. The van der Waals surface area contributed by atoms with E-state index in [0.717, 1.165) is 80.3 Å². The van der Waals surface area contributed by atoms with Crippen molar-refractivity contribution >= 4 is 12.0 Å². The van der Waals surface area contributed by atoms with Gasteiger partial charge in [-0.1, -0.05) is 36.4 Å². The van der Waals surface area contributed by atoms with E-state index < -0.39 is 0 Å². The van der Waals surface area contributed by atoms with Crippen LogP contribution in [-0.4, -0.2) is 31.1 Å². The average Bonchev–Trinajstić information content (AvgIpc) is 2.92. The molecule has 1 saturated heterocycles. The van der Waals surface area contributed by atoms with Gasteiger partial charge in [0.1, 0.15) is 23.6 Å². The molecule has 0 radical (unpaired) electrons. The van der Waals surface area contributed by atoms with Crippen LogP contribution in [0.2, 0.25) is 0 Å². The predicted octanol–water partition coefficient (Wildman–Crippen LogP) is 6.99. The quantitative estimate of drug-likeness (QED) is 0.361. The normalized spacial score (nSPS) is 22.5. The Balaban J connectivity index is 1.37. The molecule has 1 spiro atoms. The molecule has 4 nitrogen and oxygen atoms in total. The first-order chi connectivity index (χ1) is 18.5. The van der Waals surface area contributed by atoms with Gasteiger partial charge in [-0.3, -0.25) is 0 Å². The number of benzene rings is 3. The van der Waals surface area contributed by atoms with Crippen molar-refractivity contribution in [2.45, 2.75) is 57.3 Å². The monoisotopic (exact) mass is 513 g/mol. The molecule has 1 N–H and O–H groups in total. The summed E-state index contributed by atoms with van der Waals surface area (Å²) in [7, 11) is 0. The van der Waals surface area contributed by atoms with Gasteiger partial charge >= 0.3 is 0 Å². The van der Waals surface area contributed by atoms with Crippen molar-refractivity contribution in [2.24, 2.45) is 11.3 Å². The van der Waals surface area contributed by atoms with Crippen LogP contribution in [0.25, 0.3) is 0 Å². The van der Waals surface area contributed by atoms with E-state index in [4.69, 9.17) is 4.74 Å². The standard InChI is InChI=1S/C33H36FNO3/c1-2-38-31-18-30(35-14-12-33(13-15-35)19-22(20-33)21-36)29(34)17-28(31)32-26(23-6-4-3-5-7-23)10-8-24-16-25(37)9-11-27(24)32/h3-7,9,11,16-18,21-22,26,32,37H,2,8,10,12-15,19-20H2,1H3/t26-,32+/m1/s1. The Morgan fingerprint density at radius 1 is 1.05 bits per heavy atom. The number of carbonyl (C=O) groups excluding carboxylic acids is 1. The van der Waals surface area contributed by atoms with Crippen molar-refractivity contribution in [3.63, 3.8) is 0 Å². The first-order valence-corrected chi connectivity index (χ1v) is 14.0. The van der Waals surface area contributed by atoms with E-state index in [9.17, 15) is 9.90 Å². The van der Waals surface area contributed by atoms with Crippen LogP contribution in [0.5, 0.6) is 11.5 Å². The van der Waals surface area contributed by atoms with Crippen LogP contribution in [0.15, 0.2) is 60.7 Å². The van der Waals surface area contributed by atoms with Crippen LogP contribution in [-0.2, 0) is 11.2 Å². The van der Waals surface area contributed by atoms with E-state index in [1.165, 1.54) is 5.56 Å². The van der Waals surface area contributed by atoms with Gasteiger partial charge in [0.25, 0.3) is 0 Å². The zero-order valence-corrected chi connectivity index (χ0v) is 22.0. The number of phenolic OH excluding ortho intramolecular Hbond substituents is 1. The molecule has 6 rings (SSSR count). The van der Waals surface area contributed by atoms with E-state index in [1.807, 2.05) is 31.2 Å². The highest BCUT2D eigenvalue weighted by atomic mass is 19.1. The summed E-state index contributed by atoms with van der Waals surface area (Å²) in [6.45, 7) is 4.07. The van der Waals surface area contributed by atoms with E-state index >= 15 is 4.39 Å². The lowest BCUT2D eigenvalue weighted by molar-refractivity contribution is -0.118. The molecule has 2 aliphatic carbocycles. The van der Waals surface area contributed by atoms with Crippen molar-refractivity contribution in [2.75, 3.05) is 24.6 Å². The predicted molar refractivity (Wildman–Crippen MR) is 148 cm³/mol. The molecule has 2 fully saturated rings. The third kappa shape index (κ3) is 4.46. The second kappa shape index (κ2) is 10.1. The first kappa shape index (κ1) is 25.0. The van der Waals surface area contributed by atoms with Crippen LogP contribution in [0.3, 0.4) is 0 Å². The minimum Gasteiger partial charge on any atom is -0.508 e. The number of nitrogens with zero attached hydrogens (tertiary/aromatic N) is 1. The van der Waals surface area contributed by atoms with Crippen molar-refractivity contribution in [3.8, 4) is 11.5 Å². The highest BCUT2D eigenvalue weighted by Gasteiger charge is 2.46. The van der Waals surface area contributed by atoms with Gasteiger partial charge in [0.2, 0.25) is 0 Å². The fourth-order valence-corrected chi connectivity index (χ4v) is 7.35. The molecule has 1 saturated carbocycles. The van der Waals surface area contributed by atoms with E-state index in [-0.39, 0.29) is 34.7 Å². The minimum atomic E-state index is -0.212. The molecular weight excluding hydrogens is 477 g/mol. The lowest BCUT2D eigenvalue weighted by atomic mass is 9.58. The van der Waals surface area contributed by atoms with Crippen LogP contribution in [0.1, 0.15) is 73.1 Å². The number of fused-ring (bicyclic) bond motifs is 1. The number of halogens is 1. The van der Waals surface area contributed by atoms with Gasteiger partial charge in [0.15, 0.2) is 0 Å². The molecule has 2 atom stereocenters. The van der Waals surface area contributed by atoms with Crippen molar-refractivity contribution in [1.82, 2.24) is 0 Å². The number of rotatable bonds is 6. The Bertz CT molecular complexity index is 1310. The molecule has 3 aromatic rings. The van der Waals surface area contributed by atoms with Gasteiger partial charge in [-0.2, -0.15) is 0 Å². The lowest BCUT2D eigenvalue weighted by Crippen LogP contribution is -2.47. The minimum absolute atomic E-state index is 0.0771. The molecule has 198 valence electrons. The third-order valence-electron chi connectivity index (χ3n) is 9.28. The zero-order valence-electron chi connectivity index (χ0n) is 22.0. The second-order valence-corrected chi connectivity index (χ2v) is 11.5. The van der Waals surface area contributed by atoms with Gasteiger partial charge in [-0.25, -0.2) is 4.39 Å². The molecule has 0 amide bonds. The van der Waals surface area contributed by atoms with Crippen LogP contribution >= 0.6 is 0 Å². The lowest BCUT2D eigenvalue weighted by Gasteiger charge is -2.51. The van der Waals surface area contributed by atoms with E-state index in [0.29, 0.717) is 12.3 Å². The highest BCUT2D eigenvalue weighted by molar-refractivity contribution is 5.60. The summed E-state index contributed by atoms with van der Waals surface area (Å²) in [6.07, 6.45) is 6.83. The van der Waals surface area contributed by atoms with Crippen LogP contribution < -0.4 is 9.64 Å². The number of carbonyl (C=O) groups is 1. The smallest absolute Gasteiger partial charge is 0.147 e. The summed E-state index contributed by atoms with van der Waals surface area (Å²) in [4.78, 5) is 13.3. The average molecular weight is 514 g/mol. The SMILES string of the molecule is CCOc1cc(N2CCC3(CC2)CC(C=O)C3)c(F)cc1[C@@H]1c2ccc(O)cc2CC[C@@H]1c1ccccc1. The summed E-state index contributed by atoms with van der Waals surface area (Å²) < 4.78 is 22.2. The molecule has 0 unspecified atom stereocenters. The highest BCUT2D eigenvalue weighted by Crippen LogP contribution is 2.53. The summed E-state index contributed by atoms with van der Waals surface area (Å²) in [5, 5.41) is 10.2. The molecule has 1 heterocycles. The molecule has 3 aliphatic rings. The number of piperidine rings is 1. The summed E-state index contributed by atoms with van der Waals surface area (Å²) in [5.74, 6) is 1.10. The molecule has 0 bridgehead atoms. The Kier molecular flexibility index (Phi) is 6.63. The number of anilines is 1. The molecule has 3 aromatic carbocycles. The maximum Gasteiger partial charge on any atom is 0.147 e.